The van der Waals surface area contributed by atoms with Crippen LogP contribution in [0.15, 0.2) is 16.4 Å². The van der Waals surface area contributed by atoms with Gasteiger partial charge in [0.25, 0.3) is 5.56 Å². The van der Waals surface area contributed by atoms with E-state index in [1.54, 1.807) is 12.4 Å². The second kappa shape index (κ2) is 2.67. The van der Waals surface area contributed by atoms with Crippen LogP contribution in [0, 0.1) is 12.7 Å². The van der Waals surface area contributed by atoms with E-state index in [1.165, 1.54) is 22.1 Å². The van der Waals surface area contributed by atoms with Crippen LogP contribution in [0.1, 0.15) is 5.56 Å². The Morgan fingerprint density at radius 2 is 2.23 bits per heavy atom. The quantitative estimate of drug-likeness (QED) is 0.633. The standard InChI is InChI=1S/C9H8FNOS/c1-5-4-13-8-6(10)3-11(2)9(12)7(5)8/h3-4H,1-2H3. The first kappa shape index (κ1) is 8.44. The van der Waals surface area contributed by atoms with Crippen LogP contribution in [0.4, 0.5) is 4.39 Å². The Labute approximate surface area is 78.2 Å². The Balaban J connectivity index is 3.10. The van der Waals surface area contributed by atoms with Gasteiger partial charge in [-0.25, -0.2) is 4.39 Å². The van der Waals surface area contributed by atoms with Crippen molar-refractivity contribution < 1.29 is 4.39 Å². The minimum atomic E-state index is -0.324. The molecule has 2 aromatic heterocycles. The molecular weight excluding hydrogens is 189 g/mol. The summed E-state index contributed by atoms with van der Waals surface area (Å²) in [5.41, 5.74) is 0.718. The summed E-state index contributed by atoms with van der Waals surface area (Å²) < 4.78 is 15.0. The fraction of sp³-hybridized carbons (Fsp3) is 0.222. The van der Waals surface area contributed by atoms with Crippen molar-refractivity contribution in [2.75, 3.05) is 0 Å². The molecule has 0 bridgehead atoms. The van der Waals surface area contributed by atoms with Gasteiger partial charge in [0.2, 0.25) is 0 Å². The molecule has 0 aliphatic carbocycles. The zero-order valence-corrected chi connectivity index (χ0v) is 8.11. The minimum absolute atomic E-state index is 0.129. The summed E-state index contributed by atoms with van der Waals surface area (Å²) >= 11 is 1.28. The van der Waals surface area contributed by atoms with E-state index in [-0.39, 0.29) is 11.4 Å². The summed E-state index contributed by atoms with van der Waals surface area (Å²) in [7, 11) is 1.56. The summed E-state index contributed by atoms with van der Waals surface area (Å²) in [5, 5.41) is 2.31. The lowest BCUT2D eigenvalue weighted by atomic mass is 10.2. The molecule has 2 nitrogen and oxygen atoms in total. The fourth-order valence-corrected chi connectivity index (χ4v) is 2.29. The second-order valence-corrected chi connectivity index (χ2v) is 3.90. The number of nitrogens with zero attached hydrogens (tertiary/aromatic N) is 1. The van der Waals surface area contributed by atoms with E-state index in [0.29, 0.717) is 10.1 Å². The number of aryl methyl sites for hydroxylation is 2. The first-order chi connectivity index (χ1) is 6.11. The molecule has 4 heteroatoms. The van der Waals surface area contributed by atoms with Crippen molar-refractivity contribution in [2.24, 2.45) is 7.05 Å². The van der Waals surface area contributed by atoms with E-state index in [9.17, 15) is 9.18 Å². The van der Waals surface area contributed by atoms with Gasteiger partial charge in [-0.3, -0.25) is 4.79 Å². The van der Waals surface area contributed by atoms with Gasteiger partial charge in [0.15, 0.2) is 5.82 Å². The van der Waals surface area contributed by atoms with E-state index >= 15 is 0 Å². The van der Waals surface area contributed by atoms with Crippen molar-refractivity contribution in [1.29, 1.82) is 0 Å². The van der Waals surface area contributed by atoms with E-state index in [4.69, 9.17) is 0 Å². The summed E-state index contributed by atoms with van der Waals surface area (Å²) in [6.45, 7) is 1.82. The molecule has 0 radical (unpaired) electrons. The highest BCUT2D eigenvalue weighted by molar-refractivity contribution is 7.17. The summed E-state index contributed by atoms with van der Waals surface area (Å²) in [6, 6.07) is 0. The van der Waals surface area contributed by atoms with E-state index in [2.05, 4.69) is 0 Å². The van der Waals surface area contributed by atoms with Crippen LogP contribution in [0.2, 0.25) is 0 Å². The lowest BCUT2D eigenvalue weighted by Crippen LogP contribution is -2.16. The lowest BCUT2D eigenvalue weighted by Gasteiger charge is -1.98. The van der Waals surface area contributed by atoms with Gasteiger partial charge in [0.05, 0.1) is 10.1 Å². The molecule has 2 rings (SSSR count). The van der Waals surface area contributed by atoms with Crippen molar-refractivity contribution in [3.05, 3.63) is 33.3 Å². The second-order valence-electron chi connectivity index (χ2n) is 3.02. The average Bonchev–Trinajstić information content (AvgIpc) is 2.44. The normalized spacial score (nSPS) is 11.0. The van der Waals surface area contributed by atoms with Crippen LogP contribution in [0.5, 0.6) is 0 Å². The molecular formula is C9H8FNOS. The zero-order chi connectivity index (χ0) is 9.59. The smallest absolute Gasteiger partial charge is 0.259 e. The molecule has 0 unspecified atom stereocenters. The highest BCUT2D eigenvalue weighted by Crippen LogP contribution is 2.24. The van der Waals surface area contributed by atoms with Crippen molar-refractivity contribution in [1.82, 2.24) is 4.57 Å². The van der Waals surface area contributed by atoms with Gasteiger partial charge >= 0.3 is 0 Å². The van der Waals surface area contributed by atoms with Gasteiger partial charge in [-0.2, -0.15) is 0 Å². The summed E-state index contributed by atoms with van der Waals surface area (Å²) in [4.78, 5) is 11.6. The molecule has 0 aromatic carbocycles. The van der Waals surface area contributed by atoms with Crippen molar-refractivity contribution in [3.8, 4) is 0 Å². The van der Waals surface area contributed by atoms with Crippen LogP contribution in [0.3, 0.4) is 0 Å². The van der Waals surface area contributed by atoms with Gasteiger partial charge < -0.3 is 4.57 Å². The Kier molecular flexibility index (Phi) is 1.73. The third kappa shape index (κ3) is 1.09. The van der Waals surface area contributed by atoms with Crippen molar-refractivity contribution in [2.45, 2.75) is 6.92 Å². The summed E-state index contributed by atoms with van der Waals surface area (Å²) in [5.74, 6) is -0.324. The van der Waals surface area contributed by atoms with Crippen LogP contribution in [-0.4, -0.2) is 4.57 Å². The van der Waals surface area contributed by atoms with Crippen LogP contribution < -0.4 is 5.56 Å². The molecule has 0 aliphatic heterocycles. The van der Waals surface area contributed by atoms with Gasteiger partial charge in [-0.1, -0.05) is 0 Å². The Morgan fingerprint density at radius 3 is 2.92 bits per heavy atom. The van der Waals surface area contributed by atoms with Crippen LogP contribution >= 0.6 is 11.3 Å². The van der Waals surface area contributed by atoms with Gasteiger partial charge in [0.1, 0.15) is 0 Å². The number of thiophene rings is 1. The number of pyridine rings is 1. The highest BCUT2D eigenvalue weighted by Gasteiger charge is 2.10. The predicted molar refractivity (Wildman–Crippen MR) is 51.8 cm³/mol. The molecule has 0 saturated heterocycles. The number of aromatic nitrogens is 1. The highest BCUT2D eigenvalue weighted by atomic mass is 32.1. The first-order valence-electron chi connectivity index (χ1n) is 3.84. The van der Waals surface area contributed by atoms with Crippen LogP contribution in [-0.2, 0) is 7.05 Å². The molecule has 68 valence electrons. The Morgan fingerprint density at radius 1 is 1.54 bits per heavy atom. The first-order valence-corrected chi connectivity index (χ1v) is 4.72. The molecule has 2 heterocycles. The third-order valence-corrected chi connectivity index (χ3v) is 3.14. The monoisotopic (exact) mass is 197 g/mol. The average molecular weight is 197 g/mol. The lowest BCUT2D eigenvalue weighted by molar-refractivity contribution is 0.621. The van der Waals surface area contributed by atoms with E-state index in [0.717, 1.165) is 5.56 Å². The molecule has 0 fully saturated rings. The molecule has 0 N–H and O–H groups in total. The fourth-order valence-electron chi connectivity index (χ4n) is 1.35. The molecule has 2 aromatic rings. The maximum Gasteiger partial charge on any atom is 0.259 e. The number of rotatable bonds is 0. The molecule has 0 saturated carbocycles. The molecule has 0 aliphatic rings. The van der Waals surface area contributed by atoms with Crippen LogP contribution in [0.25, 0.3) is 10.1 Å². The number of halogens is 1. The molecule has 13 heavy (non-hydrogen) atoms. The van der Waals surface area contributed by atoms with E-state index in [1.807, 2.05) is 6.92 Å². The topological polar surface area (TPSA) is 22.0 Å². The van der Waals surface area contributed by atoms with Crippen molar-refractivity contribution in [3.63, 3.8) is 0 Å². The largest absolute Gasteiger partial charge is 0.315 e. The van der Waals surface area contributed by atoms with Gasteiger partial charge in [0, 0.05) is 13.2 Å². The third-order valence-electron chi connectivity index (χ3n) is 2.03. The molecule has 0 atom stereocenters. The molecule has 0 amide bonds. The maximum atomic E-state index is 13.3. The predicted octanol–water partition coefficient (Wildman–Crippen LogP) is 2.05. The summed E-state index contributed by atoms with van der Waals surface area (Å²) in [6.07, 6.45) is 1.22. The Bertz CT molecular complexity index is 526. The molecule has 0 spiro atoms. The van der Waals surface area contributed by atoms with Crippen molar-refractivity contribution >= 4 is 21.4 Å². The zero-order valence-electron chi connectivity index (χ0n) is 7.30. The van der Waals surface area contributed by atoms with Gasteiger partial charge in [-0.15, -0.1) is 11.3 Å². The minimum Gasteiger partial charge on any atom is -0.315 e. The number of fused-ring (bicyclic) bond motifs is 1. The van der Waals surface area contributed by atoms with E-state index < -0.39 is 0 Å². The SMILES string of the molecule is Cc1csc2c(F)cn(C)c(=O)c12. The van der Waals surface area contributed by atoms with Gasteiger partial charge in [-0.05, 0) is 17.9 Å². The number of hydrogen-bond donors (Lipinski definition) is 0. The maximum absolute atomic E-state index is 13.3. The Hall–Kier alpha value is -1.16. The number of hydrogen-bond acceptors (Lipinski definition) is 2.